The first-order valence-corrected chi connectivity index (χ1v) is 13.6. The summed E-state index contributed by atoms with van der Waals surface area (Å²) in [6.07, 6.45) is 0. The van der Waals surface area contributed by atoms with E-state index in [0.29, 0.717) is 42.6 Å². The fourth-order valence-corrected chi connectivity index (χ4v) is 5.51. The predicted molar refractivity (Wildman–Crippen MR) is 144 cm³/mol. The molecule has 0 radical (unpaired) electrons. The molecule has 0 aliphatic carbocycles. The van der Waals surface area contributed by atoms with Crippen molar-refractivity contribution in [2.45, 2.75) is 18.7 Å². The third-order valence-electron chi connectivity index (χ3n) is 6.07. The van der Waals surface area contributed by atoms with Gasteiger partial charge in [-0.25, -0.2) is 8.42 Å². The minimum atomic E-state index is -4.11. The van der Waals surface area contributed by atoms with Crippen molar-refractivity contribution in [2.24, 2.45) is 0 Å². The average molecular weight is 542 g/mol. The summed E-state index contributed by atoms with van der Waals surface area (Å²) in [5.41, 5.74) is 2.56. The maximum Gasteiger partial charge on any atom is 0.264 e. The van der Waals surface area contributed by atoms with Crippen molar-refractivity contribution in [1.82, 2.24) is 4.90 Å². The molecular weight excluding hydrogens is 514 g/mol. The van der Waals surface area contributed by atoms with Gasteiger partial charge in [-0.3, -0.25) is 13.9 Å². The van der Waals surface area contributed by atoms with Gasteiger partial charge in [0.15, 0.2) is 0 Å². The minimum absolute atomic E-state index is 0.0468. The Labute approximate surface area is 221 Å². The van der Waals surface area contributed by atoms with Gasteiger partial charge in [-0.2, -0.15) is 0 Å². The Morgan fingerprint density at radius 3 is 2.35 bits per heavy atom. The number of nitrogens with one attached hydrogen (secondary N) is 1. The summed E-state index contributed by atoms with van der Waals surface area (Å²) in [5.74, 6) is -0.830. The van der Waals surface area contributed by atoms with Crippen LogP contribution >= 0.6 is 11.6 Å². The lowest BCUT2D eigenvalue weighted by Crippen LogP contribution is -2.41. The van der Waals surface area contributed by atoms with Crippen LogP contribution in [0.2, 0.25) is 5.02 Å². The number of rotatable bonds is 7. The molecule has 4 rings (SSSR count). The van der Waals surface area contributed by atoms with Crippen LogP contribution in [0.3, 0.4) is 0 Å². The highest BCUT2D eigenvalue weighted by Gasteiger charge is 2.28. The molecular formula is C27H28ClN3O5S. The van der Waals surface area contributed by atoms with E-state index in [1.165, 1.54) is 18.2 Å². The maximum absolute atomic E-state index is 13.6. The molecule has 1 saturated heterocycles. The molecule has 1 aliphatic rings. The number of benzene rings is 3. The number of hydrogen-bond donors (Lipinski definition) is 1. The minimum Gasteiger partial charge on any atom is -0.378 e. The zero-order valence-corrected chi connectivity index (χ0v) is 22.2. The molecule has 3 aromatic carbocycles. The van der Waals surface area contributed by atoms with Crippen LogP contribution in [0.5, 0.6) is 0 Å². The number of amides is 2. The molecule has 3 aromatic rings. The number of hydrogen-bond acceptors (Lipinski definition) is 5. The number of para-hydroxylation sites is 1. The Morgan fingerprint density at radius 1 is 1.00 bits per heavy atom. The first kappa shape index (κ1) is 26.7. The summed E-state index contributed by atoms with van der Waals surface area (Å²) in [6, 6.07) is 17.9. The number of carbonyl (C=O) groups is 2. The molecule has 1 N–H and O–H groups in total. The van der Waals surface area contributed by atoms with Gasteiger partial charge in [0.05, 0.1) is 35.0 Å². The zero-order chi connectivity index (χ0) is 26.6. The van der Waals surface area contributed by atoms with Gasteiger partial charge in [0.1, 0.15) is 6.54 Å². The van der Waals surface area contributed by atoms with Gasteiger partial charge in [-0.1, -0.05) is 47.5 Å². The number of ether oxygens (including phenoxy) is 1. The topological polar surface area (TPSA) is 96.0 Å². The molecule has 2 amide bonds. The lowest BCUT2D eigenvalue weighted by atomic mass is 10.1. The summed E-state index contributed by atoms with van der Waals surface area (Å²) < 4.78 is 33.6. The second-order valence-corrected chi connectivity index (χ2v) is 11.0. The van der Waals surface area contributed by atoms with Gasteiger partial charge < -0.3 is 15.0 Å². The molecule has 8 nitrogen and oxygen atoms in total. The van der Waals surface area contributed by atoms with Crippen LogP contribution < -0.4 is 9.62 Å². The molecule has 0 saturated carbocycles. The van der Waals surface area contributed by atoms with Crippen LogP contribution in [0, 0.1) is 13.8 Å². The van der Waals surface area contributed by atoms with E-state index in [1.807, 2.05) is 6.92 Å². The summed E-state index contributed by atoms with van der Waals surface area (Å²) in [5, 5.41) is 3.11. The summed E-state index contributed by atoms with van der Waals surface area (Å²) in [7, 11) is -4.11. The van der Waals surface area contributed by atoms with Crippen molar-refractivity contribution in [3.63, 3.8) is 0 Å². The second kappa shape index (κ2) is 11.3. The Kier molecular flexibility index (Phi) is 8.16. The standard InChI is InChI=1S/C27H28ClN3O5S/c1-19-7-11-22(12-8-19)37(34,35)31(21-10-9-20(2)24(28)17-21)18-26(32)29-25-6-4-3-5-23(25)27(33)30-13-15-36-16-14-30/h3-12,17H,13-16,18H2,1-2H3,(H,29,32). The van der Waals surface area contributed by atoms with Crippen LogP contribution in [0.4, 0.5) is 11.4 Å². The number of aryl methyl sites for hydroxylation is 2. The van der Waals surface area contributed by atoms with Crippen molar-refractivity contribution in [3.8, 4) is 0 Å². The third kappa shape index (κ3) is 6.12. The van der Waals surface area contributed by atoms with Gasteiger partial charge >= 0.3 is 0 Å². The van der Waals surface area contributed by atoms with Crippen LogP contribution in [-0.4, -0.2) is 58.0 Å². The Balaban J connectivity index is 1.63. The number of carbonyl (C=O) groups excluding carboxylic acids is 2. The number of nitrogens with zero attached hydrogens (tertiary/aromatic N) is 2. The van der Waals surface area contributed by atoms with Crippen molar-refractivity contribution in [1.29, 1.82) is 0 Å². The van der Waals surface area contributed by atoms with Gasteiger partial charge in [-0.05, 0) is 55.8 Å². The van der Waals surface area contributed by atoms with E-state index < -0.39 is 22.5 Å². The number of morpholine rings is 1. The molecule has 1 aliphatic heterocycles. The smallest absolute Gasteiger partial charge is 0.264 e. The molecule has 0 atom stereocenters. The fourth-order valence-electron chi connectivity index (χ4n) is 3.92. The maximum atomic E-state index is 13.6. The Hall–Kier alpha value is -3.40. The number of halogens is 1. The highest BCUT2D eigenvalue weighted by molar-refractivity contribution is 7.92. The molecule has 0 bridgehead atoms. The van der Waals surface area contributed by atoms with E-state index in [0.717, 1.165) is 15.4 Å². The van der Waals surface area contributed by atoms with Gasteiger partial charge in [-0.15, -0.1) is 0 Å². The van der Waals surface area contributed by atoms with Crippen LogP contribution in [0.25, 0.3) is 0 Å². The van der Waals surface area contributed by atoms with Crippen molar-refractivity contribution < 1.29 is 22.7 Å². The van der Waals surface area contributed by atoms with E-state index in [9.17, 15) is 18.0 Å². The second-order valence-electron chi connectivity index (χ2n) is 8.76. The van der Waals surface area contributed by atoms with Crippen LogP contribution in [0.1, 0.15) is 21.5 Å². The quantitative estimate of drug-likeness (QED) is 0.482. The predicted octanol–water partition coefficient (Wildman–Crippen LogP) is 4.26. The number of sulfonamides is 1. The molecule has 1 heterocycles. The summed E-state index contributed by atoms with van der Waals surface area (Å²) in [6.45, 7) is 4.96. The van der Waals surface area contributed by atoms with Crippen LogP contribution in [0.15, 0.2) is 71.6 Å². The van der Waals surface area contributed by atoms with Crippen molar-refractivity contribution >= 4 is 44.8 Å². The summed E-state index contributed by atoms with van der Waals surface area (Å²) >= 11 is 6.30. The SMILES string of the molecule is Cc1ccc(S(=O)(=O)N(CC(=O)Nc2ccccc2C(=O)N2CCOCC2)c2ccc(C)c(Cl)c2)cc1. The summed E-state index contributed by atoms with van der Waals surface area (Å²) in [4.78, 5) is 28.0. The first-order valence-electron chi connectivity index (χ1n) is 11.8. The Morgan fingerprint density at radius 2 is 1.68 bits per heavy atom. The third-order valence-corrected chi connectivity index (χ3v) is 8.26. The molecule has 0 aromatic heterocycles. The largest absolute Gasteiger partial charge is 0.378 e. The fraction of sp³-hybridized carbons (Fsp3) is 0.259. The average Bonchev–Trinajstić information content (AvgIpc) is 2.89. The molecule has 0 unspecified atom stereocenters. The van der Waals surface area contributed by atoms with E-state index >= 15 is 0 Å². The molecule has 10 heteroatoms. The first-order chi connectivity index (χ1) is 17.7. The highest BCUT2D eigenvalue weighted by Crippen LogP contribution is 2.28. The van der Waals surface area contributed by atoms with E-state index in [-0.39, 0.29) is 16.5 Å². The normalized spacial score (nSPS) is 13.8. The molecule has 1 fully saturated rings. The van der Waals surface area contributed by atoms with Crippen molar-refractivity contribution in [2.75, 3.05) is 42.5 Å². The van der Waals surface area contributed by atoms with E-state index in [1.54, 1.807) is 60.4 Å². The van der Waals surface area contributed by atoms with Gasteiger partial charge in [0.25, 0.3) is 15.9 Å². The highest BCUT2D eigenvalue weighted by atomic mass is 35.5. The lowest BCUT2D eigenvalue weighted by molar-refractivity contribution is -0.114. The monoisotopic (exact) mass is 541 g/mol. The number of anilines is 2. The Bertz CT molecular complexity index is 1400. The van der Waals surface area contributed by atoms with Gasteiger partial charge in [0, 0.05) is 18.1 Å². The molecule has 194 valence electrons. The van der Waals surface area contributed by atoms with E-state index in [2.05, 4.69) is 5.32 Å². The van der Waals surface area contributed by atoms with E-state index in [4.69, 9.17) is 16.3 Å². The molecule has 37 heavy (non-hydrogen) atoms. The molecule has 0 spiro atoms. The van der Waals surface area contributed by atoms with Crippen molar-refractivity contribution in [3.05, 3.63) is 88.4 Å². The lowest BCUT2D eigenvalue weighted by Gasteiger charge is -2.28. The van der Waals surface area contributed by atoms with Gasteiger partial charge in [0.2, 0.25) is 5.91 Å². The zero-order valence-electron chi connectivity index (χ0n) is 20.6. The van der Waals surface area contributed by atoms with Crippen LogP contribution in [-0.2, 0) is 19.6 Å².